The molecule has 3 rings (SSSR count). The second kappa shape index (κ2) is 8.02. The summed E-state index contributed by atoms with van der Waals surface area (Å²) < 4.78 is 0. The molecule has 140 valence electrons. The number of carbonyl (C=O) groups excluding carboxylic acids is 3. The highest BCUT2D eigenvalue weighted by atomic mass is 16.2. The Morgan fingerprint density at radius 3 is 2.23 bits per heavy atom. The molecule has 5 heteroatoms. The number of likely N-dealkylation sites (tertiary alicyclic amines) is 1. The van der Waals surface area contributed by atoms with E-state index >= 15 is 0 Å². The highest BCUT2D eigenvalue weighted by molar-refractivity contribution is 6.05. The highest BCUT2D eigenvalue weighted by Crippen LogP contribution is 2.37. The first kappa shape index (κ1) is 18.6. The van der Waals surface area contributed by atoms with Gasteiger partial charge in [-0.1, -0.05) is 49.6 Å². The number of nitrogens with one attached hydrogen (secondary N) is 1. The van der Waals surface area contributed by atoms with Gasteiger partial charge in [0, 0.05) is 13.0 Å². The first-order valence-corrected chi connectivity index (χ1v) is 9.72. The quantitative estimate of drug-likeness (QED) is 0.797. The third kappa shape index (κ3) is 3.81. The number of aryl methyl sites for hydroxylation is 1. The number of nitrogens with zero attached hydrogens (tertiary/aromatic N) is 1. The van der Waals surface area contributed by atoms with Crippen LogP contribution in [0, 0.1) is 18.8 Å². The standard InChI is InChI=1S/C21H28N2O3/c1-3-18(15-10-8-14(2)9-11-15)22-19(24)12-13-23-20(25)16-6-4-5-7-17(16)21(23)26/h8-11,16-18H,3-7,12-13H2,1-2H3,(H,22,24)/t16-,17-,18-/m0/s1. The molecule has 1 N–H and O–H groups in total. The van der Waals surface area contributed by atoms with Gasteiger partial charge < -0.3 is 5.32 Å². The molecule has 0 unspecified atom stereocenters. The van der Waals surface area contributed by atoms with Gasteiger partial charge in [0.25, 0.3) is 0 Å². The molecule has 2 aliphatic rings. The van der Waals surface area contributed by atoms with E-state index in [9.17, 15) is 14.4 Å². The second-order valence-electron chi connectivity index (χ2n) is 7.51. The number of carbonyl (C=O) groups is 3. The Hall–Kier alpha value is -2.17. The molecule has 1 aliphatic carbocycles. The van der Waals surface area contributed by atoms with Crippen LogP contribution in [-0.4, -0.2) is 29.2 Å². The van der Waals surface area contributed by atoms with Crippen molar-refractivity contribution in [3.05, 3.63) is 35.4 Å². The second-order valence-corrected chi connectivity index (χ2v) is 7.51. The molecule has 1 heterocycles. The monoisotopic (exact) mass is 356 g/mol. The van der Waals surface area contributed by atoms with Crippen molar-refractivity contribution in [3.8, 4) is 0 Å². The molecule has 1 saturated carbocycles. The van der Waals surface area contributed by atoms with Gasteiger partial charge >= 0.3 is 0 Å². The van der Waals surface area contributed by atoms with Crippen molar-refractivity contribution in [2.75, 3.05) is 6.54 Å². The molecular weight excluding hydrogens is 328 g/mol. The molecule has 3 atom stereocenters. The van der Waals surface area contributed by atoms with E-state index in [4.69, 9.17) is 0 Å². The summed E-state index contributed by atoms with van der Waals surface area (Å²) in [5.41, 5.74) is 2.26. The van der Waals surface area contributed by atoms with Crippen LogP contribution in [0.15, 0.2) is 24.3 Å². The summed E-state index contributed by atoms with van der Waals surface area (Å²) in [6.45, 7) is 4.26. The minimum absolute atomic E-state index is 0.0457. The predicted octanol–water partition coefficient (Wildman–Crippen LogP) is 3.13. The van der Waals surface area contributed by atoms with Crippen LogP contribution >= 0.6 is 0 Å². The summed E-state index contributed by atoms with van der Waals surface area (Å²) in [6.07, 6.45) is 4.61. The summed E-state index contributed by atoms with van der Waals surface area (Å²) in [5, 5.41) is 3.03. The topological polar surface area (TPSA) is 66.5 Å². The fraction of sp³-hybridized carbons (Fsp3) is 0.571. The molecule has 0 radical (unpaired) electrons. The molecule has 2 fully saturated rings. The van der Waals surface area contributed by atoms with Gasteiger partial charge in [-0.2, -0.15) is 0 Å². The smallest absolute Gasteiger partial charge is 0.233 e. The SMILES string of the molecule is CC[C@H](NC(=O)CCN1C(=O)[C@H]2CCCC[C@@H]2C1=O)c1ccc(C)cc1. The van der Waals surface area contributed by atoms with Gasteiger partial charge in [-0.15, -0.1) is 0 Å². The number of benzene rings is 1. The molecule has 26 heavy (non-hydrogen) atoms. The van der Waals surface area contributed by atoms with Gasteiger partial charge in [-0.05, 0) is 31.7 Å². The van der Waals surface area contributed by atoms with Crippen molar-refractivity contribution >= 4 is 17.7 Å². The van der Waals surface area contributed by atoms with E-state index in [2.05, 4.69) is 5.32 Å². The molecule has 0 aromatic heterocycles. The zero-order valence-corrected chi connectivity index (χ0v) is 15.7. The third-order valence-corrected chi connectivity index (χ3v) is 5.72. The molecule has 1 aliphatic heterocycles. The van der Waals surface area contributed by atoms with Crippen LogP contribution in [-0.2, 0) is 14.4 Å². The van der Waals surface area contributed by atoms with Crippen molar-refractivity contribution in [3.63, 3.8) is 0 Å². The van der Waals surface area contributed by atoms with Crippen LogP contribution in [0.4, 0.5) is 0 Å². The Morgan fingerprint density at radius 1 is 1.12 bits per heavy atom. The average Bonchev–Trinajstić information content (AvgIpc) is 2.90. The van der Waals surface area contributed by atoms with Gasteiger partial charge in [0.15, 0.2) is 0 Å². The number of fused-ring (bicyclic) bond motifs is 1. The summed E-state index contributed by atoms with van der Waals surface area (Å²) >= 11 is 0. The van der Waals surface area contributed by atoms with E-state index in [0.29, 0.717) is 0 Å². The first-order valence-electron chi connectivity index (χ1n) is 9.72. The van der Waals surface area contributed by atoms with Crippen LogP contribution in [0.25, 0.3) is 0 Å². The fourth-order valence-electron chi connectivity index (χ4n) is 4.15. The van der Waals surface area contributed by atoms with Crippen molar-refractivity contribution < 1.29 is 14.4 Å². The molecule has 1 aromatic rings. The average molecular weight is 356 g/mol. The summed E-state index contributed by atoms with van der Waals surface area (Å²) in [6, 6.07) is 8.08. The fourth-order valence-corrected chi connectivity index (χ4v) is 4.15. The first-order chi connectivity index (χ1) is 12.5. The van der Waals surface area contributed by atoms with Gasteiger partial charge in [0.05, 0.1) is 17.9 Å². The maximum atomic E-state index is 12.5. The van der Waals surface area contributed by atoms with E-state index in [-0.39, 0.29) is 48.6 Å². The minimum atomic E-state index is -0.143. The molecule has 5 nitrogen and oxygen atoms in total. The molecule has 0 spiro atoms. The van der Waals surface area contributed by atoms with Crippen molar-refractivity contribution in [2.24, 2.45) is 11.8 Å². The minimum Gasteiger partial charge on any atom is -0.349 e. The highest BCUT2D eigenvalue weighted by Gasteiger charge is 2.47. The third-order valence-electron chi connectivity index (χ3n) is 5.72. The van der Waals surface area contributed by atoms with E-state index < -0.39 is 0 Å². The van der Waals surface area contributed by atoms with Gasteiger partial charge in [0.2, 0.25) is 17.7 Å². The molecular formula is C21H28N2O3. The Balaban J connectivity index is 1.55. The van der Waals surface area contributed by atoms with Crippen LogP contribution in [0.3, 0.4) is 0 Å². The zero-order valence-electron chi connectivity index (χ0n) is 15.7. The number of amides is 3. The van der Waals surface area contributed by atoms with E-state index in [1.54, 1.807) is 0 Å². The lowest BCUT2D eigenvalue weighted by molar-refractivity contribution is -0.140. The van der Waals surface area contributed by atoms with E-state index in [1.807, 2.05) is 38.1 Å². The Kier molecular flexibility index (Phi) is 5.74. The molecule has 0 bridgehead atoms. The Morgan fingerprint density at radius 2 is 1.69 bits per heavy atom. The molecule has 1 saturated heterocycles. The predicted molar refractivity (Wildman–Crippen MR) is 99.1 cm³/mol. The summed E-state index contributed by atoms with van der Waals surface area (Å²) in [7, 11) is 0. The molecule has 3 amide bonds. The van der Waals surface area contributed by atoms with Crippen molar-refractivity contribution in [1.29, 1.82) is 0 Å². The largest absolute Gasteiger partial charge is 0.349 e. The van der Waals surface area contributed by atoms with Crippen LogP contribution in [0.5, 0.6) is 0 Å². The lowest BCUT2D eigenvalue weighted by Crippen LogP contribution is -2.36. The number of hydrogen-bond acceptors (Lipinski definition) is 3. The van der Waals surface area contributed by atoms with Crippen LogP contribution < -0.4 is 5.32 Å². The lowest BCUT2D eigenvalue weighted by Gasteiger charge is -2.19. The number of hydrogen-bond donors (Lipinski definition) is 1. The van der Waals surface area contributed by atoms with Crippen molar-refractivity contribution in [1.82, 2.24) is 10.2 Å². The van der Waals surface area contributed by atoms with E-state index in [0.717, 1.165) is 37.7 Å². The maximum Gasteiger partial charge on any atom is 0.233 e. The lowest BCUT2D eigenvalue weighted by atomic mass is 9.81. The van der Waals surface area contributed by atoms with Gasteiger partial charge in [-0.3, -0.25) is 19.3 Å². The maximum absolute atomic E-state index is 12.5. The normalized spacial score (nSPS) is 23.7. The van der Waals surface area contributed by atoms with Gasteiger partial charge in [-0.25, -0.2) is 0 Å². The Bertz CT molecular complexity index is 659. The summed E-state index contributed by atoms with van der Waals surface area (Å²) in [4.78, 5) is 38.6. The van der Waals surface area contributed by atoms with Crippen molar-refractivity contribution in [2.45, 2.75) is 58.4 Å². The zero-order chi connectivity index (χ0) is 18.7. The molecule has 1 aromatic carbocycles. The van der Waals surface area contributed by atoms with Crippen LogP contribution in [0.2, 0.25) is 0 Å². The number of imide groups is 1. The van der Waals surface area contributed by atoms with Gasteiger partial charge in [0.1, 0.15) is 0 Å². The van der Waals surface area contributed by atoms with E-state index in [1.165, 1.54) is 10.5 Å². The summed E-state index contributed by atoms with van der Waals surface area (Å²) in [5.74, 6) is -0.547. The Labute approximate surface area is 155 Å². The number of rotatable bonds is 6. The van der Waals surface area contributed by atoms with Crippen LogP contribution in [0.1, 0.15) is 62.6 Å².